The van der Waals surface area contributed by atoms with Crippen molar-refractivity contribution in [1.82, 2.24) is 19.9 Å². The number of pyridine rings is 1. The van der Waals surface area contributed by atoms with Crippen LogP contribution >= 0.6 is 0 Å². The first-order chi connectivity index (χ1) is 14.2. The number of carboxylic acids is 1. The zero-order valence-electron chi connectivity index (χ0n) is 16.9. The van der Waals surface area contributed by atoms with Crippen molar-refractivity contribution < 1.29 is 18.7 Å². The van der Waals surface area contributed by atoms with Crippen LogP contribution in [-0.2, 0) is 4.79 Å². The fourth-order valence-electron chi connectivity index (χ4n) is 2.68. The zero-order chi connectivity index (χ0) is 22.0. The summed E-state index contributed by atoms with van der Waals surface area (Å²) in [6, 6.07) is 0.663. The van der Waals surface area contributed by atoms with Crippen LogP contribution < -0.4 is 5.32 Å². The van der Waals surface area contributed by atoms with E-state index in [4.69, 9.17) is 0 Å². The molecule has 0 fully saturated rings. The van der Waals surface area contributed by atoms with Crippen LogP contribution in [-0.4, -0.2) is 37.1 Å². The molecule has 7 nitrogen and oxygen atoms in total. The van der Waals surface area contributed by atoms with Gasteiger partial charge in [-0.05, 0) is 25.8 Å². The predicted octanol–water partition coefficient (Wildman–Crippen LogP) is 3.83. The Morgan fingerprint density at radius 3 is 2.63 bits per heavy atom. The fraction of sp³-hybridized carbons (Fsp3) is 0.333. The Balaban J connectivity index is 2.15. The van der Waals surface area contributed by atoms with Gasteiger partial charge < -0.3 is 15.4 Å². The second-order valence-electron chi connectivity index (χ2n) is 7.29. The number of nitrogens with one attached hydrogen (secondary N) is 2. The van der Waals surface area contributed by atoms with E-state index in [2.05, 4.69) is 37.1 Å². The maximum Gasteiger partial charge on any atom is 0.308 e. The van der Waals surface area contributed by atoms with Crippen molar-refractivity contribution in [3.8, 4) is 23.2 Å². The second kappa shape index (κ2) is 8.45. The van der Waals surface area contributed by atoms with Crippen molar-refractivity contribution in [2.75, 3.05) is 5.32 Å². The minimum atomic E-state index is -1.03. The molecular weight excluding hydrogens is 392 g/mol. The summed E-state index contributed by atoms with van der Waals surface area (Å²) in [5, 5.41) is 12.5. The van der Waals surface area contributed by atoms with Gasteiger partial charge >= 0.3 is 5.97 Å². The van der Waals surface area contributed by atoms with Crippen LogP contribution in [0.3, 0.4) is 0 Å². The summed E-state index contributed by atoms with van der Waals surface area (Å²) >= 11 is 0. The molecular formula is C21H21F2N5O2. The van der Waals surface area contributed by atoms with Gasteiger partial charge in [0, 0.05) is 29.1 Å². The van der Waals surface area contributed by atoms with E-state index in [1.165, 1.54) is 13.0 Å². The minimum absolute atomic E-state index is 0.0171. The summed E-state index contributed by atoms with van der Waals surface area (Å²) < 4.78 is 28.7. The molecule has 0 bridgehead atoms. The maximum absolute atomic E-state index is 15.0. The average molecular weight is 413 g/mol. The number of carboxylic acid groups (broad SMARTS) is 1. The summed E-state index contributed by atoms with van der Waals surface area (Å²) in [6.45, 7) is 6.84. The molecule has 0 amide bonds. The Morgan fingerprint density at radius 2 is 1.97 bits per heavy atom. The smallest absolute Gasteiger partial charge is 0.308 e. The van der Waals surface area contributed by atoms with Crippen LogP contribution in [0, 0.1) is 35.3 Å². The molecule has 0 spiro atoms. The number of carbonyl (C=O) groups is 1. The minimum Gasteiger partial charge on any atom is -0.481 e. The number of H-pyrrole nitrogens is 1. The topological polar surface area (TPSA) is 104 Å². The van der Waals surface area contributed by atoms with E-state index >= 15 is 4.39 Å². The van der Waals surface area contributed by atoms with Gasteiger partial charge in [-0.15, -0.1) is 0 Å². The molecule has 0 aromatic carbocycles. The largest absolute Gasteiger partial charge is 0.481 e. The molecule has 30 heavy (non-hydrogen) atoms. The van der Waals surface area contributed by atoms with Crippen LogP contribution in [0.15, 0.2) is 18.5 Å². The first-order valence-electron chi connectivity index (χ1n) is 9.38. The lowest BCUT2D eigenvalue weighted by Crippen LogP contribution is -2.30. The Kier molecular flexibility index (Phi) is 5.96. The van der Waals surface area contributed by atoms with E-state index in [1.807, 2.05) is 13.8 Å². The summed E-state index contributed by atoms with van der Waals surface area (Å²) in [4.78, 5) is 26.6. The molecule has 3 rings (SSSR count). The van der Waals surface area contributed by atoms with Gasteiger partial charge in [-0.3, -0.25) is 4.79 Å². The normalized spacial score (nSPS) is 13.0. The summed E-state index contributed by atoms with van der Waals surface area (Å²) in [6.07, 6.45) is 2.63. The van der Waals surface area contributed by atoms with Crippen molar-refractivity contribution in [2.45, 2.75) is 33.7 Å². The number of aromatic amines is 1. The molecule has 0 saturated carbocycles. The van der Waals surface area contributed by atoms with Crippen LogP contribution in [0.25, 0.3) is 22.4 Å². The maximum atomic E-state index is 15.0. The third-order valence-electron chi connectivity index (χ3n) is 4.57. The summed E-state index contributed by atoms with van der Waals surface area (Å²) in [7, 11) is 0. The molecule has 0 aliphatic heterocycles. The summed E-state index contributed by atoms with van der Waals surface area (Å²) in [5.74, 6) is 2.36. The highest BCUT2D eigenvalue weighted by molar-refractivity contribution is 5.91. The monoisotopic (exact) mass is 413 g/mol. The Labute approximate surface area is 172 Å². The number of aromatic nitrogens is 4. The molecule has 156 valence electrons. The van der Waals surface area contributed by atoms with E-state index in [0.29, 0.717) is 16.6 Å². The second-order valence-corrected chi connectivity index (χ2v) is 7.29. The molecule has 2 atom stereocenters. The van der Waals surface area contributed by atoms with Crippen LogP contribution in [0.2, 0.25) is 0 Å². The van der Waals surface area contributed by atoms with Gasteiger partial charge in [0.15, 0.2) is 23.2 Å². The van der Waals surface area contributed by atoms with E-state index in [1.54, 1.807) is 13.1 Å². The molecule has 0 aliphatic carbocycles. The fourth-order valence-corrected chi connectivity index (χ4v) is 2.68. The molecule has 3 heterocycles. The van der Waals surface area contributed by atoms with Crippen molar-refractivity contribution in [3.05, 3.63) is 35.8 Å². The molecule has 0 aliphatic rings. The van der Waals surface area contributed by atoms with Crippen LogP contribution in [0.5, 0.6) is 0 Å². The van der Waals surface area contributed by atoms with Gasteiger partial charge in [-0.1, -0.05) is 19.8 Å². The lowest BCUT2D eigenvalue weighted by atomic mass is 10.0. The Bertz CT molecular complexity index is 1160. The molecule has 3 aromatic rings. The van der Waals surface area contributed by atoms with Gasteiger partial charge in [0.1, 0.15) is 11.5 Å². The lowest BCUT2D eigenvalue weighted by molar-refractivity contribution is -0.141. The Morgan fingerprint density at radius 1 is 1.23 bits per heavy atom. The lowest BCUT2D eigenvalue weighted by Gasteiger charge is -2.19. The number of aliphatic carboxylic acids is 1. The number of fused-ring (bicyclic) bond motifs is 1. The highest BCUT2D eigenvalue weighted by Crippen LogP contribution is 2.28. The van der Waals surface area contributed by atoms with Crippen molar-refractivity contribution in [1.29, 1.82) is 0 Å². The quantitative estimate of drug-likeness (QED) is 0.550. The first-order valence-corrected chi connectivity index (χ1v) is 9.38. The van der Waals surface area contributed by atoms with E-state index in [-0.39, 0.29) is 23.3 Å². The third-order valence-corrected chi connectivity index (χ3v) is 4.57. The van der Waals surface area contributed by atoms with Crippen molar-refractivity contribution in [2.24, 2.45) is 11.8 Å². The van der Waals surface area contributed by atoms with Crippen molar-refractivity contribution >= 4 is 22.8 Å². The number of hydrogen-bond donors (Lipinski definition) is 3. The van der Waals surface area contributed by atoms with Gasteiger partial charge in [0.05, 0.1) is 12.1 Å². The molecule has 3 aromatic heterocycles. The van der Waals surface area contributed by atoms with E-state index in [9.17, 15) is 14.3 Å². The molecule has 3 N–H and O–H groups in total. The number of nitrogens with zero attached hydrogens (tertiary/aromatic N) is 3. The van der Waals surface area contributed by atoms with Gasteiger partial charge in [-0.25, -0.2) is 19.3 Å². The molecule has 0 saturated heterocycles. The van der Waals surface area contributed by atoms with Crippen LogP contribution in [0.4, 0.5) is 14.6 Å². The standard InChI is InChI=1S/C21H21F2N5O2/c1-10(2)5-6-16-17(23)20(26-12(4)11(3)21(29)30)28-19(27-16)15-9-25-18-14(15)7-13(22)8-24-18/h7-12H,1-4H3,(H,24,25)(H,29,30)(H,26,27,28)/t11-,12-/m0/s1. The zero-order valence-corrected chi connectivity index (χ0v) is 16.9. The van der Waals surface area contributed by atoms with Gasteiger partial charge in [0.2, 0.25) is 0 Å². The van der Waals surface area contributed by atoms with Crippen molar-refractivity contribution in [3.63, 3.8) is 0 Å². The third kappa shape index (κ3) is 4.38. The van der Waals surface area contributed by atoms with Gasteiger partial charge in [-0.2, -0.15) is 4.39 Å². The number of rotatable bonds is 5. The molecule has 9 heteroatoms. The predicted molar refractivity (Wildman–Crippen MR) is 109 cm³/mol. The summed E-state index contributed by atoms with van der Waals surface area (Å²) in [5.41, 5.74) is 0.716. The highest BCUT2D eigenvalue weighted by atomic mass is 19.1. The number of anilines is 1. The average Bonchev–Trinajstić information content (AvgIpc) is 3.10. The highest BCUT2D eigenvalue weighted by Gasteiger charge is 2.23. The number of halogens is 2. The van der Waals surface area contributed by atoms with Crippen LogP contribution in [0.1, 0.15) is 33.4 Å². The van der Waals surface area contributed by atoms with E-state index in [0.717, 1.165) is 6.20 Å². The van der Waals surface area contributed by atoms with Gasteiger partial charge in [0.25, 0.3) is 0 Å². The van der Waals surface area contributed by atoms with E-state index < -0.39 is 29.6 Å². The first kappa shape index (κ1) is 21.2. The molecule has 0 unspecified atom stereocenters. The molecule has 0 radical (unpaired) electrons. The SMILES string of the molecule is CC(C)C#Cc1nc(-c2c[nH]c3ncc(F)cc23)nc(N[C@@H](C)[C@H](C)C(=O)O)c1F. The Hall–Kier alpha value is -3.54. The number of hydrogen-bond acceptors (Lipinski definition) is 5.